The van der Waals surface area contributed by atoms with E-state index in [-0.39, 0.29) is 29.7 Å². The van der Waals surface area contributed by atoms with E-state index in [9.17, 15) is 14.4 Å². The standard InChI is InChI=1S/C23H30N4O3/c28-20-7-6-19(21(29)25-20)27-15-18-16(4-3-5-17(18)22(27)30)14-26-13-2-1-8-23(26)9-11-24-12-10-23/h3-5,19,24H,1-2,6-15H2,(H,25,28,29). The molecule has 0 bridgehead atoms. The van der Waals surface area contributed by atoms with E-state index in [0.717, 1.165) is 31.7 Å². The van der Waals surface area contributed by atoms with Crippen molar-refractivity contribution >= 4 is 17.7 Å². The van der Waals surface area contributed by atoms with Crippen molar-refractivity contribution in [1.29, 1.82) is 0 Å². The molecule has 1 atom stereocenters. The molecule has 30 heavy (non-hydrogen) atoms. The van der Waals surface area contributed by atoms with E-state index in [2.05, 4.69) is 21.6 Å². The molecule has 1 aromatic carbocycles. The fourth-order valence-corrected chi connectivity index (χ4v) is 5.86. The van der Waals surface area contributed by atoms with Crippen molar-refractivity contribution in [2.45, 2.75) is 69.6 Å². The summed E-state index contributed by atoms with van der Waals surface area (Å²) in [6.45, 7) is 4.57. The zero-order valence-electron chi connectivity index (χ0n) is 17.4. The van der Waals surface area contributed by atoms with Gasteiger partial charge in [-0.1, -0.05) is 18.6 Å². The monoisotopic (exact) mass is 410 g/mol. The predicted octanol–water partition coefficient (Wildman–Crippen LogP) is 1.56. The number of likely N-dealkylation sites (tertiary alicyclic amines) is 1. The number of carbonyl (C=O) groups is 3. The van der Waals surface area contributed by atoms with Gasteiger partial charge in [0.25, 0.3) is 5.91 Å². The van der Waals surface area contributed by atoms with Crippen LogP contribution in [-0.2, 0) is 22.7 Å². The number of imide groups is 1. The number of hydrogen-bond acceptors (Lipinski definition) is 5. The van der Waals surface area contributed by atoms with Crippen molar-refractivity contribution in [2.75, 3.05) is 19.6 Å². The van der Waals surface area contributed by atoms with Crippen LogP contribution in [0, 0.1) is 0 Å². The molecule has 0 radical (unpaired) electrons. The largest absolute Gasteiger partial charge is 0.322 e. The molecule has 1 unspecified atom stereocenters. The second-order valence-electron chi connectivity index (χ2n) is 9.20. The third-order valence-corrected chi connectivity index (χ3v) is 7.57. The summed E-state index contributed by atoms with van der Waals surface area (Å²) in [5.41, 5.74) is 3.25. The van der Waals surface area contributed by atoms with Gasteiger partial charge in [0.05, 0.1) is 0 Å². The second-order valence-corrected chi connectivity index (χ2v) is 9.20. The Morgan fingerprint density at radius 2 is 1.90 bits per heavy atom. The highest BCUT2D eigenvalue weighted by Crippen LogP contribution is 2.38. The Hall–Kier alpha value is -2.25. The van der Waals surface area contributed by atoms with Crippen LogP contribution < -0.4 is 10.6 Å². The van der Waals surface area contributed by atoms with E-state index in [0.29, 0.717) is 18.5 Å². The molecule has 0 aromatic heterocycles. The number of nitrogens with one attached hydrogen (secondary N) is 2. The van der Waals surface area contributed by atoms with Gasteiger partial charge in [-0.2, -0.15) is 0 Å². The Morgan fingerprint density at radius 1 is 1.07 bits per heavy atom. The SMILES string of the molecule is O=C1CCC(N2Cc3c(CN4CCCCC45CCNCC5)cccc3C2=O)C(=O)N1. The average molecular weight is 411 g/mol. The molecule has 160 valence electrons. The molecule has 0 saturated carbocycles. The van der Waals surface area contributed by atoms with Crippen LogP contribution in [-0.4, -0.2) is 58.7 Å². The lowest BCUT2D eigenvalue weighted by Crippen LogP contribution is -2.56. The van der Waals surface area contributed by atoms with Gasteiger partial charge in [-0.15, -0.1) is 0 Å². The first kappa shape index (κ1) is 19.7. The van der Waals surface area contributed by atoms with Gasteiger partial charge in [0.1, 0.15) is 6.04 Å². The zero-order chi connectivity index (χ0) is 20.7. The zero-order valence-corrected chi connectivity index (χ0v) is 17.4. The Labute approximate surface area is 177 Å². The molecule has 3 amide bonds. The van der Waals surface area contributed by atoms with Gasteiger partial charge >= 0.3 is 0 Å². The van der Waals surface area contributed by atoms with Gasteiger partial charge < -0.3 is 10.2 Å². The Morgan fingerprint density at radius 3 is 2.70 bits per heavy atom. The Bertz CT molecular complexity index is 869. The molecule has 4 aliphatic rings. The van der Waals surface area contributed by atoms with Crippen LogP contribution in [0.3, 0.4) is 0 Å². The minimum atomic E-state index is -0.554. The van der Waals surface area contributed by atoms with Gasteiger partial charge in [-0.25, -0.2) is 0 Å². The van der Waals surface area contributed by atoms with Gasteiger partial charge in [0.15, 0.2) is 0 Å². The molecule has 5 rings (SSSR count). The van der Waals surface area contributed by atoms with Gasteiger partial charge in [-0.05, 0) is 68.9 Å². The van der Waals surface area contributed by atoms with Crippen LogP contribution in [0.25, 0.3) is 0 Å². The van der Waals surface area contributed by atoms with E-state index in [4.69, 9.17) is 0 Å². The fraction of sp³-hybridized carbons (Fsp3) is 0.609. The number of carbonyl (C=O) groups excluding carboxylic acids is 3. The second kappa shape index (κ2) is 7.78. The highest BCUT2D eigenvalue weighted by atomic mass is 16.2. The minimum absolute atomic E-state index is 0.0865. The third kappa shape index (κ3) is 3.34. The van der Waals surface area contributed by atoms with E-state index >= 15 is 0 Å². The van der Waals surface area contributed by atoms with Crippen LogP contribution in [0.4, 0.5) is 0 Å². The van der Waals surface area contributed by atoms with Gasteiger partial charge in [-0.3, -0.25) is 24.6 Å². The van der Waals surface area contributed by atoms with Crippen LogP contribution in [0.15, 0.2) is 18.2 Å². The summed E-state index contributed by atoms with van der Waals surface area (Å²) in [6, 6.07) is 5.44. The van der Waals surface area contributed by atoms with E-state index in [1.165, 1.54) is 37.7 Å². The lowest BCUT2D eigenvalue weighted by atomic mass is 9.78. The summed E-state index contributed by atoms with van der Waals surface area (Å²) >= 11 is 0. The number of rotatable bonds is 3. The van der Waals surface area contributed by atoms with E-state index in [1.807, 2.05) is 12.1 Å². The van der Waals surface area contributed by atoms with Crippen molar-refractivity contribution in [3.63, 3.8) is 0 Å². The van der Waals surface area contributed by atoms with Crippen molar-refractivity contribution in [3.8, 4) is 0 Å². The summed E-state index contributed by atoms with van der Waals surface area (Å²) < 4.78 is 0. The van der Waals surface area contributed by atoms with Gasteiger partial charge in [0.2, 0.25) is 11.8 Å². The molecule has 2 N–H and O–H groups in total. The third-order valence-electron chi connectivity index (χ3n) is 7.57. The van der Waals surface area contributed by atoms with Crippen molar-refractivity contribution in [1.82, 2.24) is 20.4 Å². The first-order valence-corrected chi connectivity index (χ1v) is 11.3. The summed E-state index contributed by atoms with van der Waals surface area (Å²) in [5, 5.41) is 5.88. The normalized spacial score (nSPS) is 26.7. The molecule has 3 saturated heterocycles. The molecule has 3 fully saturated rings. The summed E-state index contributed by atoms with van der Waals surface area (Å²) in [5.74, 6) is -0.686. The maximum atomic E-state index is 13.1. The van der Waals surface area contributed by atoms with Crippen LogP contribution >= 0.6 is 0 Å². The topological polar surface area (TPSA) is 81.8 Å². The summed E-state index contributed by atoms with van der Waals surface area (Å²) in [7, 11) is 0. The molecule has 1 spiro atoms. The number of hydrogen-bond donors (Lipinski definition) is 2. The maximum Gasteiger partial charge on any atom is 0.255 e. The number of nitrogens with zero attached hydrogens (tertiary/aromatic N) is 2. The first-order chi connectivity index (χ1) is 14.6. The summed E-state index contributed by atoms with van der Waals surface area (Å²) in [6.07, 6.45) is 6.84. The maximum absolute atomic E-state index is 13.1. The van der Waals surface area contributed by atoms with E-state index < -0.39 is 6.04 Å². The quantitative estimate of drug-likeness (QED) is 0.739. The molecule has 0 aliphatic carbocycles. The Kier molecular flexibility index (Phi) is 5.11. The van der Waals surface area contributed by atoms with Crippen molar-refractivity contribution in [2.24, 2.45) is 0 Å². The lowest BCUT2D eigenvalue weighted by molar-refractivity contribution is -0.136. The van der Waals surface area contributed by atoms with Crippen LogP contribution in [0.2, 0.25) is 0 Å². The lowest BCUT2D eigenvalue weighted by Gasteiger charge is -2.50. The van der Waals surface area contributed by atoms with Crippen LogP contribution in [0.1, 0.15) is 66.4 Å². The fourth-order valence-electron chi connectivity index (χ4n) is 5.86. The number of amides is 3. The number of benzene rings is 1. The molecular formula is C23H30N4O3. The Balaban J connectivity index is 1.39. The first-order valence-electron chi connectivity index (χ1n) is 11.3. The average Bonchev–Trinajstić information content (AvgIpc) is 3.08. The highest BCUT2D eigenvalue weighted by molar-refractivity contribution is 6.05. The molecule has 4 heterocycles. The molecule has 4 aliphatic heterocycles. The molecule has 7 heteroatoms. The minimum Gasteiger partial charge on any atom is -0.322 e. The molecule has 7 nitrogen and oxygen atoms in total. The smallest absolute Gasteiger partial charge is 0.255 e. The molecule has 1 aromatic rings. The molecular weight excluding hydrogens is 380 g/mol. The number of fused-ring (bicyclic) bond motifs is 1. The van der Waals surface area contributed by atoms with E-state index in [1.54, 1.807) is 4.90 Å². The predicted molar refractivity (Wildman–Crippen MR) is 112 cm³/mol. The van der Waals surface area contributed by atoms with Gasteiger partial charge in [0, 0.05) is 30.6 Å². The highest BCUT2D eigenvalue weighted by Gasteiger charge is 2.42. The van der Waals surface area contributed by atoms with Crippen molar-refractivity contribution in [3.05, 3.63) is 34.9 Å². The summed E-state index contributed by atoms with van der Waals surface area (Å²) in [4.78, 5) is 41.3. The van der Waals surface area contributed by atoms with Crippen molar-refractivity contribution < 1.29 is 14.4 Å². The van der Waals surface area contributed by atoms with Crippen LogP contribution in [0.5, 0.6) is 0 Å². The number of piperidine rings is 3.